The van der Waals surface area contributed by atoms with Crippen LogP contribution in [-0.4, -0.2) is 62.6 Å². The number of carbonyl (C=O) groups is 2. The summed E-state index contributed by atoms with van der Waals surface area (Å²) in [7, 11) is -1.24. The number of hydrogen-bond acceptors (Lipinski definition) is 6. The van der Waals surface area contributed by atoms with Gasteiger partial charge in [0.05, 0.1) is 27.2 Å². The zero-order valence-electron chi connectivity index (χ0n) is 16.7. The van der Waals surface area contributed by atoms with Crippen LogP contribution in [0, 0.1) is 0 Å². The average molecular weight is 451 g/mol. The number of rotatable bonds is 9. The Kier molecular flexibility index (Phi) is 7.51. The van der Waals surface area contributed by atoms with Crippen molar-refractivity contribution < 1.29 is 13.8 Å². The molecule has 1 aliphatic heterocycles. The number of para-hydroxylation sites is 1. The van der Waals surface area contributed by atoms with Crippen LogP contribution in [0.1, 0.15) is 35.5 Å². The number of nitrogens with one attached hydrogen (secondary N) is 1. The van der Waals surface area contributed by atoms with Crippen molar-refractivity contribution in [2.24, 2.45) is 16.5 Å². The molecule has 0 radical (unpaired) electrons. The summed E-state index contributed by atoms with van der Waals surface area (Å²) in [6, 6.07) is 6.26. The van der Waals surface area contributed by atoms with E-state index < -0.39 is 23.1 Å². The molecule has 0 aliphatic carbocycles. The molecule has 0 bridgehead atoms. The molecule has 1 aromatic heterocycles. The van der Waals surface area contributed by atoms with Crippen molar-refractivity contribution in [3.63, 3.8) is 0 Å². The summed E-state index contributed by atoms with van der Waals surface area (Å²) in [5.74, 6) is -0.541. The Balaban J connectivity index is 1.76. The molecule has 5 N–H and O–H groups in total. The van der Waals surface area contributed by atoms with Gasteiger partial charge in [-0.1, -0.05) is 12.1 Å². The highest BCUT2D eigenvalue weighted by atomic mass is 32.2. The minimum Gasteiger partial charge on any atom is -0.370 e. The van der Waals surface area contributed by atoms with Crippen LogP contribution < -0.4 is 16.8 Å². The molecule has 3 atom stereocenters. The fourth-order valence-corrected chi connectivity index (χ4v) is 5.38. The Morgan fingerprint density at radius 2 is 2.17 bits per heavy atom. The molecule has 0 spiro atoms. The molecule has 1 amide bonds. The maximum absolute atomic E-state index is 13.2. The molecule has 30 heavy (non-hydrogen) atoms. The minimum absolute atomic E-state index is 0.0138. The van der Waals surface area contributed by atoms with Crippen LogP contribution in [0.3, 0.4) is 0 Å². The van der Waals surface area contributed by atoms with Crippen LogP contribution in [-0.2, 0) is 15.8 Å². The van der Waals surface area contributed by atoms with Gasteiger partial charge in [-0.15, -0.1) is 11.3 Å². The number of aliphatic imine (C=N–C) groups is 1. The van der Waals surface area contributed by atoms with Gasteiger partial charge in [0.25, 0.3) is 0 Å². The molecule has 162 valence electrons. The maximum atomic E-state index is 13.2. The number of nitrogens with zero attached hydrogens (tertiary/aromatic N) is 3. The van der Waals surface area contributed by atoms with Gasteiger partial charge in [0.15, 0.2) is 11.0 Å². The number of carbonyl (C=O) groups excluding carboxylic acids is 2. The average Bonchev–Trinajstić information content (AvgIpc) is 3.36. The summed E-state index contributed by atoms with van der Waals surface area (Å²) in [6.45, 7) is 0.957. The third-order valence-corrected chi connectivity index (χ3v) is 7.07. The molecule has 0 saturated carbocycles. The van der Waals surface area contributed by atoms with E-state index in [2.05, 4.69) is 15.3 Å². The zero-order valence-corrected chi connectivity index (χ0v) is 18.4. The maximum Gasteiger partial charge on any atom is 0.238 e. The lowest BCUT2D eigenvalue weighted by atomic mass is 10.1. The van der Waals surface area contributed by atoms with Gasteiger partial charge >= 0.3 is 0 Å². The van der Waals surface area contributed by atoms with Gasteiger partial charge in [0.2, 0.25) is 11.7 Å². The van der Waals surface area contributed by atoms with Crippen molar-refractivity contribution in [1.29, 1.82) is 0 Å². The lowest BCUT2D eigenvalue weighted by Gasteiger charge is -2.23. The molecule has 1 aromatic carbocycles. The van der Waals surface area contributed by atoms with E-state index in [0.717, 1.165) is 16.6 Å². The highest BCUT2D eigenvalue weighted by Crippen LogP contribution is 2.24. The number of thiazole rings is 1. The number of nitrogens with two attached hydrogens (primary N) is 2. The van der Waals surface area contributed by atoms with Gasteiger partial charge < -0.3 is 16.8 Å². The predicted octanol–water partition coefficient (Wildman–Crippen LogP) is 0.775. The standard InChI is InChI=1S/C19H26N6O3S2/c1-30(28)25-11-5-8-14(25)17(27)23-13(7-4-10-22-19(20)21)16(26)18-24-12-6-2-3-9-15(12)29-18/h2-3,6,9,13-14H,4-5,7-8,10-11H2,1H3,(H,23,27)(H4,20,21,22). The number of aromatic nitrogens is 1. The first-order valence-electron chi connectivity index (χ1n) is 9.72. The molecular formula is C19H26N6O3S2. The molecule has 2 heterocycles. The van der Waals surface area contributed by atoms with Crippen LogP contribution in [0.2, 0.25) is 0 Å². The van der Waals surface area contributed by atoms with E-state index in [4.69, 9.17) is 11.5 Å². The van der Waals surface area contributed by atoms with Gasteiger partial charge in [0, 0.05) is 19.3 Å². The Morgan fingerprint density at radius 1 is 1.40 bits per heavy atom. The normalized spacial score (nSPS) is 18.8. The SMILES string of the molecule is CS(=O)N1CCCC1C(=O)NC(CCCN=C(N)N)C(=O)c1nc2ccccc2s1. The molecule has 9 nitrogen and oxygen atoms in total. The van der Waals surface area contributed by atoms with Crippen LogP contribution >= 0.6 is 11.3 Å². The molecular weight excluding hydrogens is 424 g/mol. The summed E-state index contributed by atoms with van der Waals surface area (Å²) in [5.41, 5.74) is 11.5. The predicted molar refractivity (Wildman–Crippen MR) is 120 cm³/mol. The van der Waals surface area contributed by atoms with Crippen molar-refractivity contribution in [2.45, 2.75) is 37.8 Å². The number of hydrogen-bond donors (Lipinski definition) is 3. The van der Waals surface area contributed by atoms with E-state index in [1.165, 1.54) is 11.3 Å². The van der Waals surface area contributed by atoms with Crippen LogP contribution in [0.5, 0.6) is 0 Å². The van der Waals surface area contributed by atoms with Crippen molar-refractivity contribution >= 4 is 50.2 Å². The zero-order chi connectivity index (χ0) is 21.7. The second kappa shape index (κ2) is 10.1. The van der Waals surface area contributed by atoms with E-state index in [-0.39, 0.29) is 17.6 Å². The highest BCUT2D eigenvalue weighted by molar-refractivity contribution is 7.81. The Hall–Kier alpha value is -2.37. The Labute approximate surface area is 181 Å². The molecule has 2 aromatic rings. The second-order valence-electron chi connectivity index (χ2n) is 7.08. The van der Waals surface area contributed by atoms with Crippen LogP contribution in [0.4, 0.5) is 0 Å². The van der Waals surface area contributed by atoms with E-state index in [9.17, 15) is 13.8 Å². The van der Waals surface area contributed by atoms with E-state index in [1.807, 2.05) is 24.3 Å². The molecule has 3 rings (SSSR count). The van der Waals surface area contributed by atoms with Crippen molar-refractivity contribution in [2.75, 3.05) is 19.3 Å². The first kappa shape index (κ1) is 22.3. The van der Waals surface area contributed by atoms with Gasteiger partial charge in [-0.25, -0.2) is 13.5 Å². The summed E-state index contributed by atoms with van der Waals surface area (Å²) in [6.07, 6.45) is 3.86. The third-order valence-electron chi connectivity index (χ3n) is 4.92. The van der Waals surface area contributed by atoms with Gasteiger partial charge in [-0.05, 0) is 37.8 Å². The molecule has 11 heteroatoms. The first-order valence-corrected chi connectivity index (χ1v) is 12.1. The number of Topliss-reactive ketones (excluding diaryl/α,β-unsaturated/α-hetero) is 1. The number of benzene rings is 1. The van der Waals surface area contributed by atoms with E-state index >= 15 is 0 Å². The summed E-state index contributed by atoms with van der Waals surface area (Å²) < 4.78 is 14.5. The highest BCUT2D eigenvalue weighted by Gasteiger charge is 2.35. The lowest BCUT2D eigenvalue weighted by molar-refractivity contribution is -0.124. The van der Waals surface area contributed by atoms with Crippen LogP contribution in [0.15, 0.2) is 29.3 Å². The molecule has 1 aliphatic rings. The number of ketones is 1. The number of amides is 1. The minimum atomic E-state index is -1.24. The molecule has 1 fully saturated rings. The number of fused-ring (bicyclic) bond motifs is 1. The van der Waals surface area contributed by atoms with Gasteiger partial charge in [0.1, 0.15) is 6.04 Å². The topological polar surface area (TPSA) is 144 Å². The summed E-state index contributed by atoms with van der Waals surface area (Å²) in [5, 5.41) is 3.22. The second-order valence-corrected chi connectivity index (χ2v) is 9.43. The van der Waals surface area contributed by atoms with Crippen LogP contribution in [0.25, 0.3) is 10.2 Å². The molecule has 1 saturated heterocycles. The van der Waals surface area contributed by atoms with Gasteiger partial charge in [-0.2, -0.15) is 0 Å². The lowest BCUT2D eigenvalue weighted by Crippen LogP contribution is -2.49. The van der Waals surface area contributed by atoms with Crippen molar-refractivity contribution in [3.8, 4) is 0 Å². The Bertz CT molecular complexity index is 939. The van der Waals surface area contributed by atoms with Crippen molar-refractivity contribution in [1.82, 2.24) is 14.6 Å². The van der Waals surface area contributed by atoms with Crippen molar-refractivity contribution in [3.05, 3.63) is 29.3 Å². The van der Waals surface area contributed by atoms with E-state index in [1.54, 1.807) is 10.6 Å². The van der Waals surface area contributed by atoms with Gasteiger partial charge in [-0.3, -0.25) is 14.6 Å². The summed E-state index contributed by atoms with van der Waals surface area (Å²) >= 11 is 1.30. The first-order chi connectivity index (χ1) is 14.4. The largest absolute Gasteiger partial charge is 0.370 e. The summed E-state index contributed by atoms with van der Waals surface area (Å²) in [4.78, 5) is 34.4. The third kappa shape index (κ3) is 5.41. The quantitative estimate of drug-likeness (QED) is 0.223. The number of guanidine groups is 1. The molecule has 3 unspecified atom stereocenters. The fourth-order valence-electron chi connectivity index (χ4n) is 3.48. The Morgan fingerprint density at radius 3 is 2.87 bits per heavy atom. The monoisotopic (exact) mass is 450 g/mol. The van der Waals surface area contributed by atoms with E-state index in [0.29, 0.717) is 37.4 Å². The smallest absolute Gasteiger partial charge is 0.238 e. The fraction of sp³-hybridized carbons (Fsp3) is 0.474.